The highest BCUT2D eigenvalue weighted by Gasteiger charge is 2.10. The summed E-state index contributed by atoms with van der Waals surface area (Å²) in [5, 5.41) is 0. The molecule has 0 aliphatic heterocycles. The summed E-state index contributed by atoms with van der Waals surface area (Å²) in [6, 6.07) is 6.45. The van der Waals surface area contributed by atoms with Crippen molar-refractivity contribution < 1.29 is 13.2 Å². The van der Waals surface area contributed by atoms with Crippen molar-refractivity contribution in [2.45, 2.75) is 13.1 Å². The van der Waals surface area contributed by atoms with E-state index in [0.717, 1.165) is 0 Å². The number of benzene rings is 1. The summed E-state index contributed by atoms with van der Waals surface area (Å²) >= 11 is 0. The van der Waals surface area contributed by atoms with Crippen molar-refractivity contribution in [3.8, 4) is 0 Å². The largest absolute Gasteiger partial charge is 0.264 e. The van der Waals surface area contributed by atoms with Crippen molar-refractivity contribution >= 4 is 0 Å². The Bertz CT molecular complexity index is 233. The second kappa shape index (κ2) is 3.42. The van der Waals surface area contributed by atoms with Gasteiger partial charge in [0.25, 0.3) is 6.43 Å². The molecule has 0 bridgehead atoms. The van der Waals surface area contributed by atoms with E-state index < -0.39 is 13.1 Å². The van der Waals surface area contributed by atoms with Crippen molar-refractivity contribution in [2.75, 3.05) is 0 Å². The molecule has 1 rings (SSSR count). The Kier molecular flexibility index (Phi) is 2.52. The first-order valence-electron chi connectivity index (χ1n) is 3.09. The van der Waals surface area contributed by atoms with Crippen LogP contribution >= 0.6 is 0 Å². The van der Waals surface area contributed by atoms with Crippen LogP contribution in [0.5, 0.6) is 0 Å². The van der Waals surface area contributed by atoms with Gasteiger partial charge in [0.1, 0.15) is 6.67 Å². The fourth-order valence-electron chi connectivity index (χ4n) is 0.805. The molecular weight excluding hydrogens is 153 g/mol. The molecule has 1 aromatic rings. The molecule has 0 nitrogen and oxygen atoms in total. The van der Waals surface area contributed by atoms with Gasteiger partial charge in [0.2, 0.25) is 0 Å². The maximum absolute atomic E-state index is 12.0. The quantitative estimate of drug-likeness (QED) is 0.622. The van der Waals surface area contributed by atoms with Crippen molar-refractivity contribution in [3.63, 3.8) is 0 Å². The lowest BCUT2D eigenvalue weighted by Crippen LogP contribution is -1.91. The lowest BCUT2D eigenvalue weighted by Gasteiger charge is -2.02. The minimum Gasteiger partial charge on any atom is -0.246 e. The molecule has 1 radical (unpaired) electrons. The highest BCUT2D eigenvalue weighted by Crippen LogP contribution is 2.22. The van der Waals surface area contributed by atoms with Gasteiger partial charge in [0.05, 0.1) is 0 Å². The maximum atomic E-state index is 12.0. The van der Waals surface area contributed by atoms with Crippen molar-refractivity contribution in [1.29, 1.82) is 0 Å². The molecular formula is C8H6F3. The van der Waals surface area contributed by atoms with Crippen LogP contribution in [0.1, 0.15) is 17.6 Å². The Hall–Kier alpha value is -0.990. The molecule has 0 unspecified atom stereocenters. The molecule has 1 aromatic carbocycles. The first-order chi connectivity index (χ1) is 5.25. The van der Waals surface area contributed by atoms with Crippen LogP contribution in [0.15, 0.2) is 18.2 Å². The lowest BCUT2D eigenvalue weighted by atomic mass is 10.1. The van der Waals surface area contributed by atoms with E-state index in [9.17, 15) is 13.2 Å². The van der Waals surface area contributed by atoms with Crippen molar-refractivity contribution in [3.05, 3.63) is 35.4 Å². The van der Waals surface area contributed by atoms with Gasteiger partial charge in [0.15, 0.2) is 0 Å². The molecule has 0 saturated heterocycles. The summed E-state index contributed by atoms with van der Waals surface area (Å²) in [5.41, 5.74) is -0.322. The second-order valence-electron chi connectivity index (χ2n) is 2.04. The van der Waals surface area contributed by atoms with Crippen LogP contribution in [0.2, 0.25) is 0 Å². The Balaban J connectivity index is 3.02. The van der Waals surface area contributed by atoms with Gasteiger partial charge in [-0.2, -0.15) is 0 Å². The van der Waals surface area contributed by atoms with E-state index in [-0.39, 0.29) is 11.1 Å². The van der Waals surface area contributed by atoms with Gasteiger partial charge in [-0.25, -0.2) is 13.2 Å². The highest BCUT2D eigenvalue weighted by molar-refractivity contribution is 5.26. The SMILES string of the molecule is FCc1[c]cccc1C(F)F. The second-order valence-corrected chi connectivity index (χ2v) is 2.04. The average molecular weight is 159 g/mol. The highest BCUT2D eigenvalue weighted by atomic mass is 19.3. The third kappa shape index (κ3) is 1.73. The predicted octanol–water partition coefficient (Wildman–Crippen LogP) is 2.89. The van der Waals surface area contributed by atoms with Crippen LogP contribution in [0.25, 0.3) is 0 Å². The van der Waals surface area contributed by atoms with E-state index in [4.69, 9.17) is 0 Å². The smallest absolute Gasteiger partial charge is 0.246 e. The topological polar surface area (TPSA) is 0 Å². The predicted molar refractivity (Wildman–Crippen MR) is 35.0 cm³/mol. The first-order valence-corrected chi connectivity index (χ1v) is 3.09. The summed E-state index contributed by atoms with van der Waals surface area (Å²) in [6.45, 7) is -0.888. The molecule has 11 heavy (non-hydrogen) atoms. The van der Waals surface area contributed by atoms with Gasteiger partial charge in [-0.05, 0) is 11.6 Å². The van der Waals surface area contributed by atoms with Gasteiger partial charge in [-0.15, -0.1) is 0 Å². The fourth-order valence-corrected chi connectivity index (χ4v) is 0.805. The van der Waals surface area contributed by atoms with Gasteiger partial charge < -0.3 is 0 Å². The van der Waals surface area contributed by atoms with E-state index in [0.29, 0.717) is 0 Å². The Morgan fingerprint density at radius 1 is 1.45 bits per heavy atom. The zero-order valence-corrected chi connectivity index (χ0v) is 5.65. The Morgan fingerprint density at radius 2 is 2.18 bits per heavy atom. The number of hydrogen-bond acceptors (Lipinski definition) is 0. The van der Waals surface area contributed by atoms with E-state index in [1.807, 2.05) is 0 Å². The minimum atomic E-state index is -2.61. The molecule has 0 spiro atoms. The molecule has 0 fully saturated rings. The van der Waals surface area contributed by atoms with Gasteiger partial charge >= 0.3 is 0 Å². The molecule has 0 aromatic heterocycles. The molecule has 0 atom stereocenters. The molecule has 0 heterocycles. The number of alkyl halides is 3. The summed E-state index contributed by atoms with van der Waals surface area (Å²) in [6.07, 6.45) is -2.61. The normalized spacial score (nSPS) is 10.5. The zero-order chi connectivity index (χ0) is 8.27. The number of rotatable bonds is 2. The van der Waals surface area contributed by atoms with Crippen LogP contribution in [0, 0.1) is 6.07 Å². The Morgan fingerprint density at radius 3 is 2.64 bits per heavy atom. The number of halogens is 3. The molecule has 0 N–H and O–H groups in total. The van der Waals surface area contributed by atoms with E-state index in [1.165, 1.54) is 18.2 Å². The van der Waals surface area contributed by atoms with Crippen LogP contribution < -0.4 is 0 Å². The van der Waals surface area contributed by atoms with E-state index in [1.54, 1.807) is 0 Å². The molecule has 3 heteroatoms. The maximum Gasteiger partial charge on any atom is 0.264 e. The van der Waals surface area contributed by atoms with Gasteiger partial charge in [0, 0.05) is 5.56 Å². The summed E-state index contributed by atoms with van der Waals surface area (Å²) < 4.78 is 36.0. The molecule has 0 aliphatic carbocycles. The van der Waals surface area contributed by atoms with Gasteiger partial charge in [-0.3, -0.25) is 0 Å². The third-order valence-corrected chi connectivity index (χ3v) is 1.35. The van der Waals surface area contributed by atoms with Gasteiger partial charge in [-0.1, -0.05) is 18.2 Å². The van der Waals surface area contributed by atoms with E-state index >= 15 is 0 Å². The standard InChI is InChI=1S/C8H6F3/c9-5-6-3-1-2-4-7(6)8(10)11/h1-2,4,8H,5H2. The summed E-state index contributed by atoms with van der Waals surface area (Å²) in [7, 11) is 0. The molecule has 0 amide bonds. The van der Waals surface area contributed by atoms with Crippen LogP contribution in [-0.2, 0) is 6.67 Å². The van der Waals surface area contributed by atoms with Crippen LogP contribution in [0.3, 0.4) is 0 Å². The van der Waals surface area contributed by atoms with E-state index in [2.05, 4.69) is 6.07 Å². The third-order valence-electron chi connectivity index (χ3n) is 1.35. The average Bonchev–Trinajstić information content (AvgIpc) is 2.04. The lowest BCUT2D eigenvalue weighted by molar-refractivity contribution is 0.149. The summed E-state index contributed by atoms with van der Waals surface area (Å²) in [4.78, 5) is 0. The zero-order valence-electron chi connectivity index (χ0n) is 5.65. The Labute approximate surface area is 62.7 Å². The fraction of sp³-hybridized carbons (Fsp3) is 0.250. The first kappa shape index (κ1) is 8.11. The monoisotopic (exact) mass is 159 g/mol. The number of hydrogen-bond donors (Lipinski definition) is 0. The van der Waals surface area contributed by atoms with Crippen molar-refractivity contribution in [2.24, 2.45) is 0 Å². The molecule has 0 saturated carbocycles. The van der Waals surface area contributed by atoms with Crippen molar-refractivity contribution in [1.82, 2.24) is 0 Å². The van der Waals surface area contributed by atoms with Crippen LogP contribution in [0.4, 0.5) is 13.2 Å². The summed E-state index contributed by atoms with van der Waals surface area (Å²) in [5.74, 6) is 0. The minimum absolute atomic E-state index is 0.0532. The molecule has 0 aliphatic rings. The van der Waals surface area contributed by atoms with Crippen LogP contribution in [-0.4, -0.2) is 0 Å². The molecule has 59 valence electrons.